The average molecular weight is 595 g/mol. The molecule has 0 saturated carbocycles. The summed E-state index contributed by atoms with van der Waals surface area (Å²) in [5.41, 5.74) is 1.62. The summed E-state index contributed by atoms with van der Waals surface area (Å²) in [6.45, 7) is 0.109. The van der Waals surface area contributed by atoms with E-state index in [-0.39, 0.29) is 27.9 Å². The van der Waals surface area contributed by atoms with E-state index in [9.17, 15) is 27.5 Å². The Balaban J connectivity index is 1.58. The Morgan fingerprint density at radius 1 is 1.10 bits per heavy atom. The van der Waals surface area contributed by atoms with Crippen molar-refractivity contribution in [2.24, 2.45) is 0 Å². The molecule has 0 spiro atoms. The van der Waals surface area contributed by atoms with Crippen molar-refractivity contribution in [2.75, 3.05) is 13.7 Å². The quantitative estimate of drug-likeness (QED) is 0.348. The Bertz CT molecular complexity index is 1480. The maximum atomic E-state index is 13.8. The highest BCUT2D eigenvalue weighted by molar-refractivity contribution is 7.89. The molecule has 4 rings (SSSR count). The van der Waals surface area contributed by atoms with Gasteiger partial charge in [-0.15, -0.1) is 0 Å². The molecule has 0 radical (unpaired) electrons. The zero-order chi connectivity index (χ0) is 28.3. The summed E-state index contributed by atoms with van der Waals surface area (Å²) in [4.78, 5) is 24.8. The number of carbonyl (C=O) groups excluding carboxylic acids is 1. The number of nitrogens with zero attached hydrogens (tertiary/aromatic N) is 1. The number of nitrogens with one attached hydrogen (secondary N) is 1. The molecule has 3 aromatic carbocycles. The summed E-state index contributed by atoms with van der Waals surface area (Å²) in [6, 6.07) is 12.7. The highest BCUT2D eigenvalue weighted by Crippen LogP contribution is 2.33. The summed E-state index contributed by atoms with van der Waals surface area (Å²) in [5.74, 6) is -1.75. The Hall–Kier alpha value is -3.18. The van der Waals surface area contributed by atoms with Crippen LogP contribution in [0.2, 0.25) is 10.0 Å². The predicted molar refractivity (Wildman–Crippen MR) is 145 cm³/mol. The van der Waals surface area contributed by atoms with Gasteiger partial charge in [0.2, 0.25) is 15.9 Å². The van der Waals surface area contributed by atoms with Crippen molar-refractivity contribution in [1.82, 2.24) is 9.62 Å². The molecule has 1 aliphatic rings. The SMILES string of the molecule is COc1ccc(F)cc1-c1ccc([C@@H](CC(=O)O)NC(=O)[C@@H]2CCCN2S(=O)(=O)c2cc(Cl)cc(Cl)c2)cc1. The van der Waals surface area contributed by atoms with Crippen molar-refractivity contribution in [3.8, 4) is 16.9 Å². The van der Waals surface area contributed by atoms with Gasteiger partial charge in [0.15, 0.2) is 0 Å². The molecule has 1 fully saturated rings. The van der Waals surface area contributed by atoms with Crippen LogP contribution in [0.4, 0.5) is 4.39 Å². The fourth-order valence-corrected chi connectivity index (χ4v) is 6.98. The molecular weight excluding hydrogens is 570 g/mol. The number of aliphatic carboxylic acids is 1. The Labute approximate surface area is 235 Å². The molecule has 0 aromatic heterocycles. The van der Waals surface area contributed by atoms with Gasteiger partial charge in [-0.2, -0.15) is 4.31 Å². The van der Waals surface area contributed by atoms with Crippen LogP contribution in [0.5, 0.6) is 5.75 Å². The van der Waals surface area contributed by atoms with Gasteiger partial charge in [0, 0.05) is 22.2 Å². The van der Waals surface area contributed by atoms with E-state index >= 15 is 0 Å². The number of carboxylic acids is 1. The molecule has 2 atom stereocenters. The minimum atomic E-state index is -4.10. The second kappa shape index (κ2) is 11.9. The molecule has 0 aliphatic carbocycles. The molecule has 0 bridgehead atoms. The number of sulfonamides is 1. The van der Waals surface area contributed by atoms with Crippen LogP contribution in [0.15, 0.2) is 65.6 Å². The Morgan fingerprint density at radius 2 is 1.77 bits per heavy atom. The summed E-state index contributed by atoms with van der Waals surface area (Å²) in [7, 11) is -2.63. The number of hydrogen-bond donors (Lipinski definition) is 2. The number of carbonyl (C=O) groups is 2. The molecule has 1 saturated heterocycles. The van der Waals surface area contributed by atoms with Crippen molar-refractivity contribution >= 4 is 45.1 Å². The number of methoxy groups -OCH3 is 1. The van der Waals surface area contributed by atoms with Crippen molar-refractivity contribution < 1.29 is 32.2 Å². The van der Waals surface area contributed by atoms with E-state index in [1.165, 1.54) is 43.5 Å². The van der Waals surface area contributed by atoms with Crippen molar-refractivity contribution in [1.29, 1.82) is 0 Å². The molecule has 3 aromatic rings. The van der Waals surface area contributed by atoms with Crippen LogP contribution in [0.1, 0.15) is 30.9 Å². The van der Waals surface area contributed by atoms with E-state index in [0.29, 0.717) is 28.9 Å². The summed E-state index contributed by atoms with van der Waals surface area (Å²) in [5, 5.41) is 12.5. The second-order valence-corrected chi connectivity index (χ2v) is 11.8. The van der Waals surface area contributed by atoms with Gasteiger partial charge in [-0.25, -0.2) is 12.8 Å². The molecule has 0 unspecified atom stereocenters. The van der Waals surface area contributed by atoms with Crippen LogP contribution >= 0.6 is 23.2 Å². The number of carboxylic acid groups (broad SMARTS) is 1. The zero-order valence-electron chi connectivity index (χ0n) is 20.7. The van der Waals surface area contributed by atoms with Gasteiger partial charge in [-0.1, -0.05) is 47.5 Å². The van der Waals surface area contributed by atoms with Crippen molar-refractivity contribution in [3.05, 3.63) is 82.1 Å². The van der Waals surface area contributed by atoms with E-state index in [4.69, 9.17) is 27.9 Å². The molecule has 2 N–H and O–H groups in total. The van der Waals surface area contributed by atoms with Crippen molar-refractivity contribution in [3.63, 3.8) is 0 Å². The van der Waals surface area contributed by atoms with Crippen LogP contribution in [-0.4, -0.2) is 49.4 Å². The maximum Gasteiger partial charge on any atom is 0.305 e. The highest BCUT2D eigenvalue weighted by Gasteiger charge is 2.40. The van der Waals surface area contributed by atoms with E-state index in [2.05, 4.69) is 5.32 Å². The lowest BCUT2D eigenvalue weighted by Crippen LogP contribution is -2.47. The second-order valence-electron chi connectivity index (χ2n) is 9.00. The molecule has 39 heavy (non-hydrogen) atoms. The number of rotatable bonds is 9. The first-order valence-corrected chi connectivity index (χ1v) is 14.1. The predicted octanol–water partition coefficient (Wildman–Crippen LogP) is 5.29. The number of amides is 1. The minimum Gasteiger partial charge on any atom is -0.496 e. The lowest BCUT2D eigenvalue weighted by molar-refractivity contribution is -0.137. The third-order valence-corrected chi connectivity index (χ3v) is 8.75. The number of hydrogen-bond acceptors (Lipinski definition) is 5. The summed E-state index contributed by atoms with van der Waals surface area (Å²) >= 11 is 12.0. The largest absolute Gasteiger partial charge is 0.496 e. The lowest BCUT2D eigenvalue weighted by Gasteiger charge is -2.26. The van der Waals surface area contributed by atoms with Gasteiger partial charge >= 0.3 is 5.97 Å². The number of ether oxygens (including phenoxy) is 1. The van der Waals surface area contributed by atoms with E-state index < -0.39 is 46.2 Å². The topological polar surface area (TPSA) is 113 Å². The van der Waals surface area contributed by atoms with Gasteiger partial charge in [-0.05, 0) is 60.4 Å². The summed E-state index contributed by atoms with van der Waals surface area (Å²) in [6.07, 6.45) is 0.272. The number of benzene rings is 3. The smallest absolute Gasteiger partial charge is 0.305 e. The molecule has 1 heterocycles. The minimum absolute atomic E-state index is 0.109. The average Bonchev–Trinajstić information content (AvgIpc) is 3.39. The van der Waals surface area contributed by atoms with Gasteiger partial charge in [0.25, 0.3) is 0 Å². The standard InChI is InChI=1S/C27H25Cl2FN2O6S/c1-38-25-9-8-20(30)14-22(25)16-4-6-17(7-5-16)23(15-26(33)34)31-27(35)24-3-2-10-32(24)39(36,37)21-12-18(28)11-19(29)13-21/h4-9,11-14,23-24H,2-3,10,15H2,1H3,(H,31,35)(H,33,34)/t23-,24+/m1/s1. The third kappa shape index (κ3) is 6.52. The maximum absolute atomic E-state index is 13.8. The number of halogens is 3. The monoisotopic (exact) mass is 594 g/mol. The van der Waals surface area contributed by atoms with Gasteiger partial charge in [-0.3, -0.25) is 9.59 Å². The molecule has 1 aliphatic heterocycles. The van der Waals surface area contributed by atoms with Crippen LogP contribution in [-0.2, 0) is 19.6 Å². The first kappa shape index (κ1) is 28.8. The molecule has 1 amide bonds. The molecule has 8 nitrogen and oxygen atoms in total. The van der Waals surface area contributed by atoms with Crippen molar-refractivity contribution in [2.45, 2.75) is 36.2 Å². The van der Waals surface area contributed by atoms with Gasteiger partial charge < -0.3 is 15.2 Å². The van der Waals surface area contributed by atoms with E-state index in [1.807, 2.05) is 0 Å². The first-order chi connectivity index (χ1) is 18.5. The normalized spacial score (nSPS) is 16.6. The van der Waals surface area contributed by atoms with Crippen LogP contribution < -0.4 is 10.1 Å². The fraction of sp³-hybridized carbons (Fsp3) is 0.259. The summed E-state index contributed by atoms with van der Waals surface area (Å²) < 4.78 is 46.9. The van der Waals surface area contributed by atoms with Gasteiger partial charge in [0.05, 0.1) is 24.5 Å². The highest BCUT2D eigenvalue weighted by atomic mass is 35.5. The Morgan fingerprint density at radius 3 is 2.38 bits per heavy atom. The zero-order valence-corrected chi connectivity index (χ0v) is 23.1. The van der Waals surface area contributed by atoms with Crippen LogP contribution in [0.25, 0.3) is 11.1 Å². The van der Waals surface area contributed by atoms with Crippen LogP contribution in [0.3, 0.4) is 0 Å². The van der Waals surface area contributed by atoms with Gasteiger partial charge in [0.1, 0.15) is 17.6 Å². The van der Waals surface area contributed by atoms with Crippen LogP contribution in [0, 0.1) is 5.82 Å². The first-order valence-electron chi connectivity index (χ1n) is 11.9. The molecule has 12 heteroatoms. The Kier molecular flexibility index (Phi) is 8.80. The fourth-order valence-electron chi connectivity index (χ4n) is 4.60. The third-order valence-electron chi connectivity index (χ3n) is 6.43. The molecule has 206 valence electrons. The lowest BCUT2D eigenvalue weighted by atomic mass is 9.98. The molecular formula is C27H25Cl2FN2O6S. The van der Waals surface area contributed by atoms with E-state index in [1.54, 1.807) is 24.3 Å². The van der Waals surface area contributed by atoms with E-state index in [0.717, 1.165) is 4.31 Å².